The summed E-state index contributed by atoms with van der Waals surface area (Å²) in [7, 11) is 0. The summed E-state index contributed by atoms with van der Waals surface area (Å²) in [5.41, 5.74) is 11.3. The zero-order valence-corrected chi connectivity index (χ0v) is 41.6. The Morgan fingerprint density at radius 3 is 0.961 bits per heavy atom. The standard InChI is InChI=1S/C74H48N2/c1-2-20-53(21-3-1)73-68-40-38-64(76(61-36-32-51-18-6-10-24-56(51)44-61)62-37-33-52-19-7-11-25-57(52)45-62)48-72(68)74(70-46-58-26-12-13-27-65(58)66-28-14-15-29-67(66)70)69-41-39-63(47-71(69)73)75(59-34-30-49-16-4-8-22-54(49)42-59)60-35-31-50-17-5-9-23-55(50)43-60/h1-48H. The van der Waals surface area contributed by atoms with Crippen LogP contribution in [0.15, 0.2) is 291 Å². The lowest BCUT2D eigenvalue weighted by Crippen LogP contribution is -2.10. The highest BCUT2D eigenvalue weighted by atomic mass is 15.1. The molecule has 2 heteroatoms. The van der Waals surface area contributed by atoms with Crippen LogP contribution >= 0.6 is 0 Å². The fourth-order valence-electron chi connectivity index (χ4n) is 12.1. The van der Waals surface area contributed by atoms with E-state index in [9.17, 15) is 0 Å². The van der Waals surface area contributed by atoms with E-state index in [1.807, 2.05) is 0 Å². The van der Waals surface area contributed by atoms with Crippen molar-refractivity contribution in [1.29, 1.82) is 0 Å². The molecule has 0 spiro atoms. The Morgan fingerprint density at radius 2 is 0.500 bits per heavy atom. The fraction of sp³-hybridized carbons (Fsp3) is 0. The smallest absolute Gasteiger partial charge is 0.0468 e. The highest BCUT2D eigenvalue weighted by Gasteiger charge is 2.24. The molecule has 2 nitrogen and oxygen atoms in total. The van der Waals surface area contributed by atoms with Crippen molar-refractivity contribution in [3.63, 3.8) is 0 Å². The van der Waals surface area contributed by atoms with Gasteiger partial charge in [0.05, 0.1) is 0 Å². The van der Waals surface area contributed by atoms with Gasteiger partial charge in [0.15, 0.2) is 0 Å². The summed E-state index contributed by atoms with van der Waals surface area (Å²) in [6, 6.07) is 108. The van der Waals surface area contributed by atoms with E-state index in [-0.39, 0.29) is 0 Å². The molecule has 0 fully saturated rings. The number of fused-ring (bicyclic) bond motifs is 9. The molecule has 76 heavy (non-hydrogen) atoms. The van der Waals surface area contributed by atoms with Crippen LogP contribution in [0.25, 0.3) is 108 Å². The first-order valence-electron chi connectivity index (χ1n) is 26.2. The van der Waals surface area contributed by atoms with E-state index in [0.29, 0.717) is 0 Å². The molecular weight excluding hydrogens is 917 g/mol. The van der Waals surface area contributed by atoms with Crippen molar-refractivity contribution in [3.05, 3.63) is 291 Å². The number of hydrogen-bond donors (Lipinski definition) is 0. The number of anilines is 6. The molecule has 15 rings (SSSR count). The third-order valence-electron chi connectivity index (χ3n) is 15.7. The maximum Gasteiger partial charge on any atom is 0.0468 e. The molecule has 0 heterocycles. The molecule has 15 aromatic rings. The minimum absolute atomic E-state index is 1.08. The van der Waals surface area contributed by atoms with Gasteiger partial charge in [0, 0.05) is 34.1 Å². The summed E-state index contributed by atoms with van der Waals surface area (Å²) < 4.78 is 0. The third-order valence-corrected chi connectivity index (χ3v) is 15.7. The van der Waals surface area contributed by atoms with Crippen LogP contribution in [0.2, 0.25) is 0 Å². The van der Waals surface area contributed by atoms with Gasteiger partial charge in [-0.25, -0.2) is 0 Å². The molecule has 0 amide bonds. The Bertz CT molecular complexity index is 4630. The summed E-state index contributed by atoms with van der Waals surface area (Å²) in [5, 5.41) is 19.3. The molecule has 0 aromatic heterocycles. The molecule has 0 aliphatic heterocycles. The van der Waals surface area contributed by atoms with Gasteiger partial charge in [0.1, 0.15) is 0 Å². The fourth-order valence-corrected chi connectivity index (χ4v) is 12.1. The summed E-state index contributed by atoms with van der Waals surface area (Å²) >= 11 is 0. The van der Waals surface area contributed by atoms with E-state index in [4.69, 9.17) is 0 Å². The number of benzene rings is 15. The van der Waals surface area contributed by atoms with E-state index < -0.39 is 0 Å². The zero-order chi connectivity index (χ0) is 50.1. The molecular formula is C74H48N2. The largest absolute Gasteiger partial charge is 0.310 e. The number of rotatable bonds is 8. The van der Waals surface area contributed by atoms with Crippen LogP contribution in [-0.4, -0.2) is 0 Å². The second-order valence-electron chi connectivity index (χ2n) is 20.1. The van der Waals surface area contributed by atoms with Crippen molar-refractivity contribution < 1.29 is 0 Å². The molecule has 0 radical (unpaired) electrons. The number of hydrogen-bond acceptors (Lipinski definition) is 2. The maximum atomic E-state index is 2.47. The first kappa shape index (κ1) is 43.6. The molecule has 0 N–H and O–H groups in total. The highest BCUT2D eigenvalue weighted by Crippen LogP contribution is 2.51. The molecule has 0 bridgehead atoms. The quantitative estimate of drug-likeness (QED) is 0.111. The van der Waals surface area contributed by atoms with Gasteiger partial charge < -0.3 is 9.80 Å². The Kier molecular flexibility index (Phi) is 10.2. The van der Waals surface area contributed by atoms with Gasteiger partial charge >= 0.3 is 0 Å². The second kappa shape index (κ2) is 17.9. The van der Waals surface area contributed by atoms with E-state index in [1.54, 1.807) is 0 Å². The van der Waals surface area contributed by atoms with Gasteiger partial charge in [-0.2, -0.15) is 0 Å². The van der Waals surface area contributed by atoms with Crippen LogP contribution in [-0.2, 0) is 0 Å². The van der Waals surface area contributed by atoms with Crippen molar-refractivity contribution in [3.8, 4) is 22.3 Å². The van der Waals surface area contributed by atoms with Crippen LogP contribution in [0.4, 0.5) is 34.1 Å². The Hall–Kier alpha value is -10.0. The van der Waals surface area contributed by atoms with Gasteiger partial charge in [-0.1, -0.05) is 212 Å². The summed E-state index contributed by atoms with van der Waals surface area (Å²) in [4.78, 5) is 4.89. The zero-order valence-electron chi connectivity index (χ0n) is 41.6. The maximum absolute atomic E-state index is 2.47. The molecule has 15 aromatic carbocycles. The van der Waals surface area contributed by atoms with Gasteiger partial charge in [-0.3, -0.25) is 0 Å². The molecule has 0 aliphatic carbocycles. The van der Waals surface area contributed by atoms with Crippen molar-refractivity contribution in [2.45, 2.75) is 0 Å². The monoisotopic (exact) mass is 964 g/mol. The van der Waals surface area contributed by atoms with Gasteiger partial charge in [-0.15, -0.1) is 0 Å². The minimum Gasteiger partial charge on any atom is -0.310 e. The van der Waals surface area contributed by atoms with Crippen molar-refractivity contribution in [2.75, 3.05) is 9.80 Å². The Balaban J connectivity index is 1.06. The van der Waals surface area contributed by atoms with E-state index >= 15 is 0 Å². The average Bonchev–Trinajstić information content (AvgIpc) is 3.48. The lowest BCUT2D eigenvalue weighted by Gasteiger charge is -2.29. The predicted molar refractivity (Wildman–Crippen MR) is 327 cm³/mol. The highest BCUT2D eigenvalue weighted by molar-refractivity contribution is 6.27. The van der Waals surface area contributed by atoms with Crippen LogP contribution in [0.3, 0.4) is 0 Å². The van der Waals surface area contributed by atoms with Crippen LogP contribution < -0.4 is 9.80 Å². The predicted octanol–water partition coefficient (Wildman–Crippen LogP) is 21.2. The average molecular weight is 965 g/mol. The SMILES string of the molecule is c1ccc(-c2c3cc(N(c4ccc5ccccc5c4)c4ccc5ccccc5c4)ccc3c(-c3cc4ccccc4c4ccccc34)c3cc(N(c4ccc5ccccc5c4)c4ccc5ccccc5c4)ccc23)cc1. The van der Waals surface area contributed by atoms with Gasteiger partial charge in [0.2, 0.25) is 0 Å². The first-order chi connectivity index (χ1) is 37.7. The second-order valence-corrected chi connectivity index (χ2v) is 20.1. The molecule has 0 atom stereocenters. The number of nitrogens with zero attached hydrogens (tertiary/aromatic N) is 2. The van der Waals surface area contributed by atoms with Crippen molar-refractivity contribution in [1.82, 2.24) is 0 Å². The van der Waals surface area contributed by atoms with Crippen molar-refractivity contribution in [2.24, 2.45) is 0 Å². The molecule has 0 saturated carbocycles. The Morgan fingerprint density at radius 1 is 0.171 bits per heavy atom. The Labute approximate surface area is 441 Å². The van der Waals surface area contributed by atoms with Crippen LogP contribution in [0, 0.1) is 0 Å². The van der Waals surface area contributed by atoms with E-state index in [0.717, 1.165) is 34.1 Å². The van der Waals surface area contributed by atoms with Gasteiger partial charge in [0.25, 0.3) is 0 Å². The van der Waals surface area contributed by atoms with Gasteiger partial charge in [-0.05, 0) is 187 Å². The normalized spacial score (nSPS) is 11.7. The first-order valence-corrected chi connectivity index (χ1v) is 26.2. The summed E-state index contributed by atoms with van der Waals surface area (Å²) in [6.45, 7) is 0. The minimum atomic E-state index is 1.08. The van der Waals surface area contributed by atoms with Crippen LogP contribution in [0.1, 0.15) is 0 Å². The lowest BCUT2D eigenvalue weighted by molar-refractivity contribution is 1.30. The van der Waals surface area contributed by atoms with Crippen LogP contribution in [0.5, 0.6) is 0 Å². The summed E-state index contributed by atoms with van der Waals surface area (Å²) in [5.74, 6) is 0. The molecule has 0 unspecified atom stereocenters. The molecule has 0 saturated heterocycles. The van der Waals surface area contributed by atoms with Crippen molar-refractivity contribution >= 4 is 120 Å². The summed E-state index contributed by atoms with van der Waals surface area (Å²) in [6.07, 6.45) is 0. The lowest BCUT2D eigenvalue weighted by atomic mass is 9.83. The third kappa shape index (κ3) is 7.34. The molecule has 0 aliphatic rings. The van der Waals surface area contributed by atoms with E-state index in [1.165, 1.54) is 108 Å². The molecule has 354 valence electrons. The topological polar surface area (TPSA) is 6.48 Å². The van der Waals surface area contributed by atoms with E-state index in [2.05, 4.69) is 301 Å².